The fourth-order valence-corrected chi connectivity index (χ4v) is 3.07. The van der Waals surface area contributed by atoms with Crippen LogP contribution in [0.15, 0.2) is 27.6 Å². The second-order valence-electron chi connectivity index (χ2n) is 4.59. The molecule has 0 spiro atoms. The van der Waals surface area contributed by atoms with Crippen molar-refractivity contribution in [3.05, 3.63) is 28.5 Å². The van der Waals surface area contributed by atoms with Gasteiger partial charge in [-0.2, -0.15) is 0 Å². The maximum Gasteiger partial charge on any atom is 0.243 e. The van der Waals surface area contributed by atoms with Crippen LogP contribution in [-0.4, -0.2) is 27.2 Å². The Morgan fingerprint density at radius 3 is 2.58 bits per heavy atom. The van der Waals surface area contributed by atoms with E-state index in [-0.39, 0.29) is 11.4 Å². The Morgan fingerprint density at radius 2 is 2.05 bits per heavy atom. The van der Waals surface area contributed by atoms with Crippen LogP contribution in [0.25, 0.3) is 0 Å². The molecule has 1 rings (SSSR count). The van der Waals surface area contributed by atoms with Gasteiger partial charge < -0.3 is 4.74 Å². The van der Waals surface area contributed by atoms with Crippen molar-refractivity contribution in [2.75, 3.05) is 13.2 Å². The normalized spacial score (nSPS) is 12.7. The van der Waals surface area contributed by atoms with E-state index in [1.165, 1.54) is 12.1 Å². The first-order valence-electron chi connectivity index (χ1n) is 5.76. The topological polar surface area (TPSA) is 55.4 Å². The summed E-state index contributed by atoms with van der Waals surface area (Å²) in [6.07, 6.45) is 0. The molecule has 7 heteroatoms. The van der Waals surface area contributed by atoms with E-state index < -0.39 is 21.4 Å². The minimum atomic E-state index is -3.89. The molecule has 0 saturated carbocycles. The van der Waals surface area contributed by atoms with E-state index in [4.69, 9.17) is 4.74 Å². The first kappa shape index (κ1) is 16.6. The van der Waals surface area contributed by atoms with Crippen molar-refractivity contribution < 1.29 is 17.5 Å². The Hall–Kier alpha value is -0.500. The van der Waals surface area contributed by atoms with Gasteiger partial charge in [-0.1, -0.05) is 15.9 Å². The lowest BCUT2D eigenvalue weighted by molar-refractivity contribution is -0.00516. The molecular weight excluding hydrogens is 337 g/mol. The van der Waals surface area contributed by atoms with Crippen LogP contribution in [0.5, 0.6) is 0 Å². The van der Waals surface area contributed by atoms with Crippen molar-refractivity contribution in [1.29, 1.82) is 0 Å². The van der Waals surface area contributed by atoms with E-state index in [1.54, 1.807) is 13.8 Å². The van der Waals surface area contributed by atoms with Crippen molar-refractivity contribution in [3.63, 3.8) is 0 Å². The number of hydrogen-bond acceptors (Lipinski definition) is 3. The zero-order chi connectivity index (χ0) is 14.7. The third-order valence-corrected chi connectivity index (χ3v) is 4.33. The second-order valence-corrected chi connectivity index (χ2v) is 7.24. The largest absolute Gasteiger partial charge is 0.375 e. The van der Waals surface area contributed by atoms with Crippen molar-refractivity contribution in [1.82, 2.24) is 4.72 Å². The van der Waals surface area contributed by atoms with Gasteiger partial charge in [0.15, 0.2) is 0 Å². The third kappa shape index (κ3) is 4.83. The summed E-state index contributed by atoms with van der Waals surface area (Å²) in [5.41, 5.74) is -0.645. The first-order valence-corrected chi connectivity index (χ1v) is 8.04. The van der Waals surface area contributed by atoms with Crippen LogP contribution in [0.2, 0.25) is 0 Å². The molecule has 1 aromatic rings. The van der Waals surface area contributed by atoms with Gasteiger partial charge in [0.1, 0.15) is 10.7 Å². The average Bonchev–Trinajstić information content (AvgIpc) is 2.26. The summed E-state index contributed by atoms with van der Waals surface area (Å²) in [6.45, 7) is 5.89. The zero-order valence-electron chi connectivity index (χ0n) is 11.0. The fourth-order valence-electron chi connectivity index (χ4n) is 1.48. The van der Waals surface area contributed by atoms with Gasteiger partial charge >= 0.3 is 0 Å². The summed E-state index contributed by atoms with van der Waals surface area (Å²) in [6, 6.07) is 3.81. The van der Waals surface area contributed by atoms with Crippen molar-refractivity contribution in [2.45, 2.75) is 31.3 Å². The highest BCUT2D eigenvalue weighted by atomic mass is 79.9. The Bertz CT molecular complexity index is 546. The van der Waals surface area contributed by atoms with Crippen molar-refractivity contribution in [2.24, 2.45) is 0 Å². The van der Waals surface area contributed by atoms with Crippen LogP contribution >= 0.6 is 15.9 Å². The smallest absolute Gasteiger partial charge is 0.243 e. The summed E-state index contributed by atoms with van der Waals surface area (Å²) in [7, 11) is -3.89. The Morgan fingerprint density at radius 1 is 1.42 bits per heavy atom. The van der Waals surface area contributed by atoms with E-state index in [1.807, 2.05) is 6.92 Å². The SMILES string of the molecule is CCOC(C)(C)CNS(=O)(=O)c1ccc(Br)cc1F. The highest BCUT2D eigenvalue weighted by Crippen LogP contribution is 2.19. The molecule has 0 radical (unpaired) electrons. The summed E-state index contributed by atoms with van der Waals surface area (Å²) < 4.78 is 45.8. The Kier molecular flexibility index (Phi) is 5.49. The molecule has 0 aliphatic heterocycles. The number of sulfonamides is 1. The minimum absolute atomic E-state index is 0.0681. The average molecular weight is 354 g/mol. The van der Waals surface area contributed by atoms with Gasteiger partial charge in [0.25, 0.3) is 0 Å². The number of nitrogens with one attached hydrogen (secondary N) is 1. The van der Waals surface area contributed by atoms with Gasteiger partial charge in [0.05, 0.1) is 5.60 Å². The van der Waals surface area contributed by atoms with E-state index in [2.05, 4.69) is 20.7 Å². The number of hydrogen-bond donors (Lipinski definition) is 1. The molecule has 0 aliphatic rings. The molecule has 1 aromatic carbocycles. The van der Waals surface area contributed by atoms with Crippen molar-refractivity contribution in [3.8, 4) is 0 Å². The fraction of sp³-hybridized carbons (Fsp3) is 0.500. The van der Waals surface area contributed by atoms with Gasteiger partial charge in [-0.25, -0.2) is 17.5 Å². The molecule has 0 saturated heterocycles. The lowest BCUT2D eigenvalue weighted by Crippen LogP contribution is -2.40. The summed E-state index contributed by atoms with van der Waals surface area (Å²) >= 11 is 3.08. The molecule has 0 unspecified atom stereocenters. The van der Waals surface area contributed by atoms with Crippen LogP contribution in [0.1, 0.15) is 20.8 Å². The minimum Gasteiger partial charge on any atom is -0.375 e. The highest BCUT2D eigenvalue weighted by molar-refractivity contribution is 9.10. The lowest BCUT2D eigenvalue weighted by atomic mass is 10.1. The number of halogens is 2. The second kappa shape index (κ2) is 6.30. The first-order chi connectivity index (χ1) is 8.68. The molecule has 1 N–H and O–H groups in total. The molecule has 0 fully saturated rings. The molecule has 0 bridgehead atoms. The molecular formula is C12H17BrFNO3S. The van der Waals surface area contributed by atoms with Crippen molar-refractivity contribution >= 4 is 26.0 Å². The number of rotatable bonds is 6. The van der Waals surface area contributed by atoms with E-state index in [9.17, 15) is 12.8 Å². The third-order valence-electron chi connectivity index (χ3n) is 2.41. The molecule has 0 amide bonds. The van der Waals surface area contributed by atoms with Crippen LogP contribution in [0.3, 0.4) is 0 Å². The molecule has 0 heterocycles. The summed E-state index contributed by atoms with van der Waals surface area (Å²) in [5, 5.41) is 0. The Labute approximate surface area is 121 Å². The zero-order valence-corrected chi connectivity index (χ0v) is 13.4. The van der Waals surface area contributed by atoms with E-state index in [0.717, 1.165) is 6.07 Å². The van der Waals surface area contributed by atoms with Crippen LogP contribution in [-0.2, 0) is 14.8 Å². The monoisotopic (exact) mass is 353 g/mol. The van der Waals surface area contributed by atoms with Gasteiger partial charge in [0, 0.05) is 17.6 Å². The van der Waals surface area contributed by atoms with Gasteiger partial charge in [-0.3, -0.25) is 0 Å². The summed E-state index contributed by atoms with van der Waals surface area (Å²) in [4.78, 5) is -0.372. The van der Waals surface area contributed by atoms with Crippen LogP contribution < -0.4 is 4.72 Å². The highest BCUT2D eigenvalue weighted by Gasteiger charge is 2.24. The lowest BCUT2D eigenvalue weighted by Gasteiger charge is -2.24. The number of benzene rings is 1. The molecule has 4 nitrogen and oxygen atoms in total. The molecule has 0 atom stereocenters. The predicted octanol–water partition coefficient (Wildman–Crippen LogP) is 2.68. The van der Waals surface area contributed by atoms with Gasteiger partial charge in [0.2, 0.25) is 10.0 Å². The quantitative estimate of drug-likeness (QED) is 0.855. The summed E-state index contributed by atoms with van der Waals surface area (Å²) in [5.74, 6) is -0.795. The standard InChI is InChI=1S/C12H17BrFNO3S/c1-4-18-12(2,3)8-15-19(16,17)11-6-5-9(13)7-10(11)14/h5-7,15H,4,8H2,1-3H3. The number of ether oxygens (including phenoxy) is 1. The molecule has 0 aliphatic carbocycles. The maximum absolute atomic E-state index is 13.6. The van der Waals surface area contributed by atoms with Gasteiger partial charge in [-0.05, 0) is 39.0 Å². The van der Waals surface area contributed by atoms with Gasteiger partial charge in [-0.15, -0.1) is 0 Å². The molecule has 0 aromatic heterocycles. The molecule has 108 valence electrons. The van der Waals surface area contributed by atoms with Crippen LogP contribution in [0, 0.1) is 5.82 Å². The molecule has 19 heavy (non-hydrogen) atoms. The van der Waals surface area contributed by atoms with E-state index in [0.29, 0.717) is 11.1 Å². The predicted molar refractivity (Wildman–Crippen MR) is 75.0 cm³/mol. The van der Waals surface area contributed by atoms with E-state index >= 15 is 0 Å². The Balaban J connectivity index is 2.87. The maximum atomic E-state index is 13.6. The van der Waals surface area contributed by atoms with Crippen LogP contribution in [0.4, 0.5) is 4.39 Å².